The predicted octanol–water partition coefficient (Wildman–Crippen LogP) is 4.01. The van der Waals surface area contributed by atoms with Crippen molar-refractivity contribution in [1.29, 1.82) is 0 Å². The Morgan fingerprint density at radius 1 is 1.24 bits per heavy atom. The Morgan fingerprint density at radius 2 is 1.94 bits per heavy atom. The van der Waals surface area contributed by atoms with Crippen LogP contribution in [0.25, 0.3) is 0 Å². The predicted molar refractivity (Wildman–Crippen MR) is 73.7 cm³/mol. The van der Waals surface area contributed by atoms with Crippen molar-refractivity contribution in [1.82, 2.24) is 0 Å². The fraction of sp³-hybridized carbons (Fsp3) is 0.333. The molecule has 0 fully saturated rings. The normalized spacial score (nSPS) is 12.7. The van der Waals surface area contributed by atoms with E-state index in [9.17, 15) is 5.11 Å². The van der Waals surface area contributed by atoms with Gasteiger partial charge in [-0.25, -0.2) is 0 Å². The molecule has 0 aliphatic heterocycles. The highest BCUT2D eigenvalue weighted by molar-refractivity contribution is 7.12. The van der Waals surface area contributed by atoms with Crippen LogP contribution in [0.2, 0.25) is 0 Å². The maximum atomic E-state index is 10.5. The molecular formula is C15H18OS. The third kappa shape index (κ3) is 2.43. The first-order valence-electron chi connectivity index (χ1n) is 5.96. The molecule has 2 aromatic rings. The number of benzene rings is 1. The lowest BCUT2D eigenvalue weighted by Gasteiger charge is -2.14. The monoisotopic (exact) mass is 246 g/mol. The summed E-state index contributed by atoms with van der Waals surface area (Å²) in [5.41, 5.74) is 3.45. The van der Waals surface area contributed by atoms with Crippen LogP contribution in [-0.4, -0.2) is 5.11 Å². The quantitative estimate of drug-likeness (QED) is 0.867. The molecule has 0 saturated carbocycles. The average Bonchev–Trinajstić information content (AvgIpc) is 2.67. The van der Waals surface area contributed by atoms with E-state index in [0.717, 1.165) is 16.9 Å². The van der Waals surface area contributed by atoms with E-state index in [4.69, 9.17) is 0 Å². The Labute approximate surface area is 107 Å². The topological polar surface area (TPSA) is 20.2 Å². The van der Waals surface area contributed by atoms with E-state index in [1.165, 1.54) is 16.0 Å². The Bertz CT molecular complexity index is 513. The van der Waals surface area contributed by atoms with E-state index in [1.807, 2.05) is 18.2 Å². The molecule has 1 nitrogen and oxygen atoms in total. The maximum Gasteiger partial charge on any atom is 0.114 e. The van der Waals surface area contributed by atoms with Crippen molar-refractivity contribution in [3.63, 3.8) is 0 Å². The minimum absolute atomic E-state index is 0.482. The van der Waals surface area contributed by atoms with Crippen LogP contribution in [0.1, 0.15) is 39.5 Å². The molecule has 0 saturated heterocycles. The number of aryl methyl sites for hydroxylation is 3. The molecule has 2 heteroatoms. The molecule has 1 atom stereocenters. The van der Waals surface area contributed by atoms with Crippen molar-refractivity contribution in [2.45, 2.75) is 33.3 Å². The molecule has 1 heterocycles. The highest BCUT2D eigenvalue weighted by Gasteiger charge is 2.17. The second kappa shape index (κ2) is 5.03. The van der Waals surface area contributed by atoms with Gasteiger partial charge in [-0.05, 0) is 43.0 Å². The highest BCUT2D eigenvalue weighted by Crippen LogP contribution is 2.33. The summed E-state index contributed by atoms with van der Waals surface area (Å²) in [6, 6.07) is 10.3. The fourth-order valence-corrected chi connectivity index (χ4v) is 3.24. The number of aliphatic hydroxyl groups excluding tert-OH is 1. The first-order chi connectivity index (χ1) is 8.13. The zero-order valence-electron chi connectivity index (χ0n) is 10.5. The lowest BCUT2D eigenvalue weighted by molar-refractivity contribution is 0.222. The van der Waals surface area contributed by atoms with E-state index < -0.39 is 6.10 Å². The molecule has 0 aliphatic rings. The Hall–Kier alpha value is -1.12. The number of aliphatic hydroxyl groups is 1. The van der Waals surface area contributed by atoms with Crippen LogP contribution in [-0.2, 0) is 6.42 Å². The molecule has 0 amide bonds. The smallest absolute Gasteiger partial charge is 0.114 e. The highest BCUT2D eigenvalue weighted by atomic mass is 32.1. The van der Waals surface area contributed by atoms with Gasteiger partial charge in [-0.2, -0.15) is 0 Å². The van der Waals surface area contributed by atoms with Gasteiger partial charge in [-0.15, -0.1) is 11.3 Å². The summed E-state index contributed by atoms with van der Waals surface area (Å²) in [5.74, 6) is 0. The van der Waals surface area contributed by atoms with Gasteiger partial charge in [0.2, 0.25) is 0 Å². The van der Waals surface area contributed by atoms with Gasteiger partial charge in [0.25, 0.3) is 0 Å². The lowest BCUT2D eigenvalue weighted by atomic mass is 9.98. The van der Waals surface area contributed by atoms with Gasteiger partial charge in [0.1, 0.15) is 6.10 Å². The van der Waals surface area contributed by atoms with Crippen LogP contribution >= 0.6 is 11.3 Å². The van der Waals surface area contributed by atoms with Gasteiger partial charge in [0, 0.05) is 9.75 Å². The first kappa shape index (κ1) is 12.3. The number of thiophene rings is 1. The molecule has 0 spiro atoms. The summed E-state index contributed by atoms with van der Waals surface area (Å²) >= 11 is 1.69. The van der Waals surface area contributed by atoms with Gasteiger partial charge >= 0.3 is 0 Å². The van der Waals surface area contributed by atoms with Gasteiger partial charge < -0.3 is 5.11 Å². The minimum atomic E-state index is -0.482. The van der Waals surface area contributed by atoms with Crippen molar-refractivity contribution in [3.05, 3.63) is 56.8 Å². The molecule has 0 aliphatic carbocycles. The molecule has 90 valence electrons. The van der Waals surface area contributed by atoms with Crippen molar-refractivity contribution in [2.75, 3.05) is 0 Å². The van der Waals surface area contributed by atoms with Crippen LogP contribution in [0.5, 0.6) is 0 Å². The summed E-state index contributed by atoms with van der Waals surface area (Å²) in [6.07, 6.45) is 0.473. The first-order valence-corrected chi connectivity index (χ1v) is 6.78. The maximum absolute atomic E-state index is 10.5. The third-order valence-electron chi connectivity index (χ3n) is 3.06. The molecular weight excluding hydrogens is 228 g/mol. The summed E-state index contributed by atoms with van der Waals surface area (Å²) in [7, 11) is 0. The minimum Gasteiger partial charge on any atom is -0.383 e. The van der Waals surface area contributed by atoms with E-state index in [2.05, 4.69) is 32.9 Å². The molecule has 1 N–H and O–H groups in total. The molecule has 0 radical (unpaired) electrons. The van der Waals surface area contributed by atoms with Crippen molar-refractivity contribution in [2.24, 2.45) is 0 Å². The van der Waals surface area contributed by atoms with E-state index >= 15 is 0 Å². The van der Waals surface area contributed by atoms with E-state index in [1.54, 1.807) is 11.3 Å². The van der Waals surface area contributed by atoms with Gasteiger partial charge in [-0.3, -0.25) is 0 Å². The number of rotatable bonds is 3. The largest absolute Gasteiger partial charge is 0.383 e. The van der Waals surface area contributed by atoms with Gasteiger partial charge in [-0.1, -0.05) is 31.2 Å². The van der Waals surface area contributed by atoms with Crippen LogP contribution in [0, 0.1) is 13.8 Å². The molecule has 1 aromatic heterocycles. The number of hydrogen-bond donors (Lipinski definition) is 1. The average molecular weight is 246 g/mol. The zero-order chi connectivity index (χ0) is 12.4. The van der Waals surface area contributed by atoms with Gasteiger partial charge in [0.05, 0.1) is 0 Å². The number of hydrogen-bond acceptors (Lipinski definition) is 2. The molecule has 17 heavy (non-hydrogen) atoms. The fourth-order valence-electron chi connectivity index (χ4n) is 2.20. The Kier molecular flexibility index (Phi) is 3.65. The summed E-state index contributed by atoms with van der Waals surface area (Å²) < 4.78 is 0. The van der Waals surface area contributed by atoms with Crippen molar-refractivity contribution < 1.29 is 5.11 Å². The van der Waals surface area contributed by atoms with E-state index in [-0.39, 0.29) is 0 Å². The standard InChI is InChI=1S/C15H18OS/c1-4-12-7-5-6-8-13(12)14(16)15-10(2)9-11(3)17-15/h5-9,14,16H,4H2,1-3H3. The van der Waals surface area contributed by atoms with Crippen LogP contribution in [0.4, 0.5) is 0 Å². The van der Waals surface area contributed by atoms with Crippen LogP contribution in [0.3, 0.4) is 0 Å². The lowest BCUT2D eigenvalue weighted by Crippen LogP contribution is -2.02. The summed E-state index contributed by atoms with van der Waals surface area (Å²) in [6.45, 7) is 6.27. The third-order valence-corrected chi connectivity index (χ3v) is 4.26. The Morgan fingerprint density at radius 3 is 2.53 bits per heavy atom. The van der Waals surface area contributed by atoms with Crippen molar-refractivity contribution >= 4 is 11.3 Å². The second-order valence-electron chi connectivity index (χ2n) is 4.36. The molecule has 1 unspecified atom stereocenters. The van der Waals surface area contributed by atoms with Gasteiger partial charge in [0.15, 0.2) is 0 Å². The van der Waals surface area contributed by atoms with Crippen molar-refractivity contribution in [3.8, 4) is 0 Å². The Balaban J connectivity index is 2.43. The summed E-state index contributed by atoms with van der Waals surface area (Å²) in [5, 5.41) is 10.5. The SMILES string of the molecule is CCc1ccccc1C(O)c1sc(C)cc1C. The van der Waals surface area contributed by atoms with E-state index in [0.29, 0.717) is 0 Å². The summed E-state index contributed by atoms with van der Waals surface area (Å²) in [4.78, 5) is 2.33. The second-order valence-corrected chi connectivity index (χ2v) is 5.65. The molecule has 1 aromatic carbocycles. The zero-order valence-corrected chi connectivity index (χ0v) is 11.3. The molecule has 2 rings (SSSR count). The van der Waals surface area contributed by atoms with Crippen LogP contribution < -0.4 is 0 Å². The van der Waals surface area contributed by atoms with Crippen LogP contribution in [0.15, 0.2) is 30.3 Å². The molecule has 0 bridgehead atoms.